The predicted octanol–water partition coefficient (Wildman–Crippen LogP) is 1.33. The minimum Gasteiger partial charge on any atom is -0.496 e. The van der Waals surface area contributed by atoms with Crippen LogP contribution in [0.2, 0.25) is 0 Å². The number of rotatable bonds is 5. The van der Waals surface area contributed by atoms with Crippen molar-refractivity contribution in [3.8, 4) is 5.75 Å². The first-order chi connectivity index (χ1) is 9.11. The van der Waals surface area contributed by atoms with Crippen molar-refractivity contribution >= 4 is 17.5 Å². The zero-order chi connectivity index (χ0) is 13.8. The van der Waals surface area contributed by atoms with E-state index in [1.165, 1.54) is 35.7 Å². The molecule has 1 heterocycles. The molecule has 0 aliphatic carbocycles. The quantitative estimate of drug-likeness (QED) is 0.608. The van der Waals surface area contributed by atoms with Crippen LogP contribution in [0.1, 0.15) is 10.4 Å². The standard InChI is InChI=1S/C11H11FN4O2S/c1-16-11(13-14-15-16)19-6-9(17)8-5-7(12)3-4-10(8)18-2/h3-5H,6H2,1-2H3. The second-order valence-corrected chi connectivity index (χ2v) is 4.58. The lowest BCUT2D eigenvalue weighted by Crippen LogP contribution is -2.06. The number of tetrazole rings is 1. The molecule has 0 fully saturated rings. The van der Waals surface area contributed by atoms with E-state index in [9.17, 15) is 9.18 Å². The van der Waals surface area contributed by atoms with Gasteiger partial charge in [0.25, 0.3) is 0 Å². The van der Waals surface area contributed by atoms with Crippen molar-refractivity contribution in [2.75, 3.05) is 12.9 Å². The SMILES string of the molecule is COc1ccc(F)cc1C(=O)CSc1nnnn1C. The maximum atomic E-state index is 13.2. The van der Waals surface area contributed by atoms with E-state index in [-0.39, 0.29) is 17.1 Å². The minimum atomic E-state index is -0.477. The topological polar surface area (TPSA) is 69.9 Å². The van der Waals surface area contributed by atoms with E-state index in [0.717, 1.165) is 6.07 Å². The van der Waals surface area contributed by atoms with Crippen LogP contribution in [-0.2, 0) is 7.05 Å². The zero-order valence-electron chi connectivity index (χ0n) is 10.3. The Morgan fingerprint density at radius 1 is 1.53 bits per heavy atom. The third kappa shape index (κ3) is 3.08. The molecule has 0 aliphatic heterocycles. The van der Waals surface area contributed by atoms with Crippen molar-refractivity contribution in [1.82, 2.24) is 20.2 Å². The van der Waals surface area contributed by atoms with E-state index in [0.29, 0.717) is 10.9 Å². The van der Waals surface area contributed by atoms with Gasteiger partial charge in [0.2, 0.25) is 5.16 Å². The van der Waals surface area contributed by atoms with Crippen LogP contribution in [-0.4, -0.2) is 38.9 Å². The van der Waals surface area contributed by atoms with Crippen LogP contribution < -0.4 is 4.74 Å². The summed E-state index contributed by atoms with van der Waals surface area (Å²) in [6.07, 6.45) is 0. The Hall–Kier alpha value is -1.96. The number of carbonyl (C=O) groups is 1. The smallest absolute Gasteiger partial charge is 0.209 e. The number of aromatic nitrogens is 4. The summed E-state index contributed by atoms with van der Waals surface area (Å²) in [5, 5.41) is 11.4. The third-order valence-electron chi connectivity index (χ3n) is 2.38. The fourth-order valence-electron chi connectivity index (χ4n) is 1.45. The van der Waals surface area contributed by atoms with E-state index in [1.807, 2.05) is 0 Å². The molecule has 8 heteroatoms. The average Bonchev–Trinajstić information content (AvgIpc) is 2.81. The van der Waals surface area contributed by atoms with Crippen LogP contribution in [0, 0.1) is 5.82 Å². The van der Waals surface area contributed by atoms with Gasteiger partial charge in [-0.3, -0.25) is 4.79 Å². The number of ketones is 1. The van der Waals surface area contributed by atoms with E-state index in [4.69, 9.17) is 4.74 Å². The summed E-state index contributed by atoms with van der Waals surface area (Å²) >= 11 is 1.18. The van der Waals surface area contributed by atoms with Crippen molar-refractivity contribution in [1.29, 1.82) is 0 Å². The maximum absolute atomic E-state index is 13.2. The van der Waals surface area contributed by atoms with Gasteiger partial charge in [0.1, 0.15) is 11.6 Å². The Labute approximate surface area is 112 Å². The lowest BCUT2D eigenvalue weighted by molar-refractivity contribution is 0.101. The maximum Gasteiger partial charge on any atom is 0.209 e. The van der Waals surface area contributed by atoms with Gasteiger partial charge in [0, 0.05) is 7.05 Å². The minimum absolute atomic E-state index is 0.105. The van der Waals surface area contributed by atoms with Gasteiger partial charge in [0.05, 0.1) is 18.4 Å². The molecule has 2 rings (SSSR count). The van der Waals surface area contributed by atoms with Crippen LogP contribution in [0.3, 0.4) is 0 Å². The van der Waals surface area contributed by atoms with Crippen molar-refractivity contribution in [2.45, 2.75) is 5.16 Å². The Morgan fingerprint density at radius 3 is 2.95 bits per heavy atom. The fourth-order valence-corrected chi connectivity index (χ4v) is 2.18. The summed E-state index contributed by atoms with van der Waals surface area (Å²) in [4.78, 5) is 12.0. The molecule has 0 N–H and O–H groups in total. The molecule has 19 heavy (non-hydrogen) atoms. The van der Waals surface area contributed by atoms with Crippen LogP contribution in [0.5, 0.6) is 5.75 Å². The molecular weight excluding hydrogens is 271 g/mol. The molecule has 0 spiro atoms. The first-order valence-electron chi connectivity index (χ1n) is 5.33. The highest BCUT2D eigenvalue weighted by Gasteiger charge is 2.15. The molecule has 0 saturated carbocycles. The zero-order valence-corrected chi connectivity index (χ0v) is 11.1. The number of thioether (sulfide) groups is 1. The third-order valence-corrected chi connectivity index (χ3v) is 3.39. The molecule has 0 radical (unpaired) electrons. The van der Waals surface area contributed by atoms with E-state index < -0.39 is 5.82 Å². The predicted molar refractivity (Wildman–Crippen MR) is 66.8 cm³/mol. The Bertz CT molecular complexity index is 602. The highest BCUT2D eigenvalue weighted by atomic mass is 32.2. The summed E-state index contributed by atoms with van der Waals surface area (Å²) in [5.74, 6) is -0.268. The van der Waals surface area contributed by atoms with Gasteiger partial charge in [-0.15, -0.1) is 5.10 Å². The lowest BCUT2D eigenvalue weighted by Gasteiger charge is -2.07. The molecule has 1 aromatic heterocycles. The van der Waals surface area contributed by atoms with Gasteiger partial charge in [-0.25, -0.2) is 9.07 Å². The van der Waals surface area contributed by atoms with Gasteiger partial charge in [-0.2, -0.15) is 0 Å². The number of ether oxygens (including phenoxy) is 1. The molecular formula is C11H11FN4O2S. The summed E-state index contributed by atoms with van der Waals surface area (Å²) in [6.45, 7) is 0. The number of methoxy groups -OCH3 is 1. The molecule has 0 amide bonds. The number of carbonyl (C=O) groups excluding carboxylic acids is 1. The molecule has 6 nitrogen and oxygen atoms in total. The van der Waals surface area contributed by atoms with Crippen molar-refractivity contribution in [3.63, 3.8) is 0 Å². The van der Waals surface area contributed by atoms with Crippen molar-refractivity contribution in [3.05, 3.63) is 29.6 Å². The number of aryl methyl sites for hydroxylation is 1. The largest absolute Gasteiger partial charge is 0.496 e. The molecule has 0 atom stereocenters. The van der Waals surface area contributed by atoms with Crippen molar-refractivity contribution in [2.24, 2.45) is 7.05 Å². The number of benzene rings is 1. The van der Waals surface area contributed by atoms with Gasteiger partial charge in [-0.05, 0) is 28.6 Å². The van der Waals surface area contributed by atoms with E-state index in [2.05, 4.69) is 15.5 Å². The number of nitrogens with zero attached hydrogens (tertiary/aromatic N) is 4. The highest BCUT2D eigenvalue weighted by Crippen LogP contribution is 2.22. The Balaban J connectivity index is 2.12. The van der Waals surface area contributed by atoms with E-state index in [1.54, 1.807) is 7.05 Å². The normalized spacial score (nSPS) is 10.5. The first-order valence-corrected chi connectivity index (χ1v) is 6.32. The Morgan fingerprint density at radius 2 is 2.32 bits per heavy atom. The summed E-state index contributed by atoms with van der Waals surface area (Å²) < 4.78 is 19.7. The van der Waals surface area contributed by atoms with Crippen LogP contribution in [0.4, 0.5) is 4.39 Å². The number of Topliss-reactive ketones (excluding diaryl/α,β-unsaturated/α-hetero) is 1. The summed E-state index contributed by atoms with van der Waals surface area (Å²) in [6, 6.07) is 3.84. The summed E-state index contributed by atoms with van der Waals surface area (Å²) in [5.41, 5.74) is 0.213. The molecule has 0 saturated heterocycles. The molecule has 0 aliphatic rings. The lowest BCUT2D eigenvalue weighted by atomic mass is 10.1. The van der Waals surface area contributed by atoms with Gasteiger partial charge >= 0.3 is 0 Å². The first kappa shape index (κ1) is 13.5. The molecule has 2 aromatic rings. The monoisotopic (exact) mass is 282 g/mol. The number of halogens is 1. The number of hydrogen-bond donors (Lipinski definition) is 0. The average molecular weight is 282 g/mol. The summed E-state index contributed by atoms with van der Waals surface area (Å²) in [7, 11) is 3.11. The molecule has 0 unspecified atom stereocenters. The molecule has 100 valence electrons. The fraction of sp³-hybridized carbons (Fsp3) is 0.273. The highest BCUT2D eigenvalue weighted by molar-refractivity contribution is 7.99. The van der Waals surface area contributed by atoms with Crippen LogP contribution in [0.25, 0.3) is 0 Å². The number of hydrogen-bond acceptors (Lipinski definition) is 6. The second-order valence-electron chi connectivity index (χ2n) is 3.64. The Kier molecular flexibility index (Phi) is 4.10. The van der Waals surface area contributed by atoms with Crippen LogP contribution >= 0.6 is 11.8 Å². The van der Waals surface area contributed by atoms with Crippen molar-refractivity contribution < 1.29 is 13.9 Å². The van der Waals surface area contributed by atoms with Crippen LogP contribution in [0.15, 0.2) is 23.4 Å². The van der Waals surface area contributed by atoms with Gasteiger partial charge in [0.15, 0.2) is 5.78 Å². The van der Waals surface area contributed by atoms with Gasteiger partial charge in [-0.1, -0.05) is 11.8 Å². The van der Waals surface area contributed by atoms with Gasteiger partial charge < -0.3 is 4.74 Å². The molecule has 1 aromatic carbocycles. The molecule has 0 bridgehead atoms. The van der Waals surface area contributed by atoms with E-state index >= 15 is 0 Å². The second kappa shape index (κ2) is 5.79.